The van der Waals surface area contributed by atoms with Gasteiger partial charge >= 0.3 is 0 Å². The fourth-order valence-electron chi connectivity index (χ4n) is 2.71. The first-order valence-corrected chi connectivity index (χ1v) is 10.2. The van der Waals surface area contributed by atoms with Crippen molar-refractivity contribution in [2.45, 2.75) is 11.4 Å². The number of sulfone groups is 1. The third-order valence-corrected chi connectivity index (χ3v) is 5.21. The van der Waals surface area contributed by atoms with Crippen molar-refractivity contribution in [3.8, 4) is 11.3 Å². The van der Waals surface area contributed by atoms with Gasteiger partial charge in [0, 0.05) is 24.1 Å². The fourth-order valence-corrected chi connectivity index (χ4v) is 3.65. The number of nitrogen functional groups attached to an aromatic ring is 1. The highest BCUT2D eigenvalue weighted by molar-refractivity contribution is 7.90. The molecule has 8 heteroatoms. The number of nitrogens with one attached hydrogen (secondary N) is 1. The van der Waals surface area contributed by atoms with Crippen molar-refractivity contribution < 1.29 is 17.6 Å². The van der Waals surface area contributed by atoms with Crippen LogP contribution in [0, 0.1) is 5.82 Å². The number of carbonyl (C=O) groups is 1. The van der Waals surface area contributed by atoms with Gasteiger partial charge in [0.1, 0.15) is 11.5 Å². The van der Waals surface area contributed by atoms with Gasteiger partial charge in [-0.3, -0.25) is 4.79 Å². The second-order valence-electron chi connectivity index (χ2n) is 6.24. The van der Waals surface area contributed by atoms with Crippen molar-refractivity contribution in [3.05, 3.63) is 77.7 Å². The minimum absolute atomic E-state index is 0.0777. The molecule has 3 rings (SSSR count). The smallest absolute Gasteiger partial charge is 0.270 e. The number of carbonyl (C=O) groups excluding carboxylic acids is 1. The predicted octanol–water partition coefficient (Wildman–Crippen LogP) is 2.80. The molecule has 0 aliphatic rings. The van der Waals surface area contributed by atoms with Gasteiger partial charge in [-0.05, 0) is 42.0 Å². The molecular weight excluding hydrogens is 381 g/mol. The molecule has 0 bridgehead atoms. The average Bonchev–Trinajstić information content (AvgIpc) is 2.66. The Balaban J connectivity index is 1.81. The van der Waals surface area contributed by atoms with Crippen LogP contribution in [0.5, 0.6) is 0 Å². The van der Waals surface area contributed by atoms with Gasteiger partial charge in [0.25, 0.3) is 5.91 Å². The summed E-state index contributed by atoms with van der Waals surface area (Å²) >= 11 is 0. The molecule has 28 heavy (non-hydrogen) atoms. The number of halogens is 1. The maximum absolute atomic E-state index is 13.4. The van der Waals surface area contributed by atoms with E-state index in [1.165, 1.54) is 6.07 Å². The zero-order chi connectivity index (χ0) is 20.3. The highest BCUT2D eigenvalue weighted by Gasteiger charge is 2.16. The number of rotatable bonds is 5. The van der Waals surface area contributed by atoms with Crippen LogP contribution in [0.25, 0.3) is 11.3 Å². The lowest BCUT2D eigenvalue weighted by Gasteiger charge is -2.10. The molecule has 0 saturated carbocycles. The molecule has 0 saturated heterocycles. The average molecular weight is 399 g/mol. The molecule has 0 atom stereocenters. The standard InChI is InChI=1S/C20H18FN3O3S/c1-28(26,27)19-11-15(21)9-8-14(19)12-23-20(25)18-7-3-6-17(24-18)13-4-2-5-16(22)10-13/h2-11H,12,22H2,1H3,(H,23,25). The fraction of sp³-hybridized carbons (Fsp3) is 0.100. The molecule has 0 aliphatic heterocycles. The second-order valence-corrected chi connectivity index (χ2v) is 8.22. The van der Waals surface area contributed by atoms with E-state index in [2.05, 4.69) is 10.3 Å². The zero-order valence-electron chi connectivity index (χ0n) is 15.0. The second kappa shape index (κ2) is 7.77. The Bertz CT molecular complexity index is 1150. The largest absolute Gasteiger partial charge is 0.399 e. The number of anilines is 1. The molecule has 144 valence electrons. The van der Waals surface area contributed by atoms with E-state index < -0.39 is 21.6 Å². The van der Waals surface area contributed by atoms with E-state index in [-0.39, 0.29) is 17.1 Å². The third kappa shape index (κ3) is 4.52. The highest BCUT2D eigenvalue weighted by Crippen LogP contribution is 2.20. The van der Waals surface area contributed by atoms with E-state index in [1.807, 2.05) is 6.07 Å². The topological polar surface area (TPSA) is 102 Å². The summed E-state index contributed by atoms with van der Waals surface area (Å²) in [4.78, 5) is 16.7. The number of benzene rings is 2. The summed E-state index contributed by atoms with van der Waals surface area (Å²) in [5.74, 6) is -1.14. The monoisotopic (exact) mass is 399 g/mol. The highest BCUT2D eigenvalue weighted by atomic mass is 32.2. The van der Waals surface area contributed by atoms with Crippen LogP contribution in [0.1, 0.15) is 16.1 Å². The molecule has 0 aliphatic carbocycles. The van der Waals surface area contributed by atoms with Crippen LogP contribution < -0.4 is 11.1 Å². The summed E-state index contributed by atoms with van der Waals surface area (Å²) in [5, 5.41) is 2.62. The molecule has 0 unspecified atom stereocenters. The van der Waals surface area contributed by atoms with Crippen molar-refractivity contribution >= 4 is 21.4 Å². The molecule has 1 aromatic heterocycles. The number of amides is 1. The van der Waals surface area contributed by atoms with E-state index in [0.717, 1.165) is 24.0 Å². The van der Waals surface area contributed by atoms with Crippen LogP contribution in [0.3, 0.4) is 0 Å². The Morgan fingerprint density at radius 3 is 2.57 bits per heavy atom. The molecule has 3 aromatic rings. The minimum Gasteiger partial charge on any atom is -0.399 e. The van der Waals surface area contributed by atoms with Crippen LogP contribution >= 0.6 is 0 Å². The first kappa shape index (κ1) is 19.5. The first-order chi connectivity index (χ1) is 13.2. The van der Waals surface area contributed by atoms with Gasteiger partial charge < -0.3 is 11.1 Å². The molecule has 1 amide bonds. The van der Waals surface area contributed by atoms with Crippen molar-refractivity contribution in [3.63, 3.8) is 0 Å². The number of hydrogen-bond acceptors (Lipinski definition) is 5. The lowest BCUT2D eigenvalue weighted by atomic mass is 10.1. The van der Waals surface area contributed by atoms with Crippen molar-refractivity contribution in [1.82, 2.24) is 10.3 Å². The number of pyridine rings is 1. The quantitative estimate of drug-likeness (QED) is 0.643. The van der Waals surface area contributed by atoms with Gasteiger partial charge in [-0.1, -0.05) is 24.3 Å². The molecule has 3 N–H and O–H groups in total. The Morgan fingerprint density at radius 2 is 1.86 bits per heavy atom. The molecule has 1 heterocycles. The summed E-state index contributed by atoms with van der Waals surface area (Å²) in [6.45, 7) is -0.0777. The van der Waals surface area contributed by atoms with E-state index in [4.69, 9.17) is 5.73 Å². The Hall–Kier alpha value is -3.26. The maximum atomic E-state index is 13.4. The molecular formula is C20H18FN3O3S. The predicted molar refractivity (Wildman–Crippen MR) is 105 cm³/mol. The van der Waals surface area contributed by atoms with E-state index in [9.17, 15) is 17.6 Å². The Labute approximate surface area is 162 Å². The van der Waals surface area contributed by atoms with E-state index >= 15 is 0 Å². The minimum atomic E-state index is -3.63. The molecule has 0 fully saturated rings. The van der Waals surface area contributed by atoms with Crippen LogP contribution in [-0.2, 0) is 16.4 Å². The number of nitrogens with two attached hydrogens (primary N) is 1. The van der Waals surface area contributed by atoms with Crippen LogP contribution in [0.4, 0.5) is 10.1 Å². The van der Waals surface area contributed by atoms with E-state index in [0.29, 0.717) is 16.9 Å². The molecule has 2 aromatic carbocycles. The van der Waals surface area contributed by atoms with Gasteiger partial charge in [-0.25, -0.2) is 17.8 Å². The Kier molecular flexibility index (Phi) is 5.41. The van der Waals surface area contributed by atoms with Crippen molar-refractivity contribution in [2.24, 2.45) is 0 Å². The lowest BCUT2D eigenvalue weighted by molar-refractivity contribution is 0.0945. The van der Waals surface area contributed by atoms with Crippen LogP contribution in [0.2, 0.25) is 0 Å². The van der Waals surface area contributed by atoms with Gasteiger partial charge in [0.15, 0.2) is 9.84 Å². The maximum Gasteiger partial charge on any atom is 0.270 e. The van der Waals surface area contributed by atoms with E-state index in [1.54, 1.807) is 36.4 Å². The van der Waals surface area contributed by atoms with Gasteiger partial charge in [0.05, 0.1) is 10.6 Å². The lowest BCUT2D eigenvalue weighted by Crippen LogP contribution is -2.24. The summed E-state index contributed by atoms with van der Waals surface area (Å²) in [6.07, 6.45) is 0.990. The summed E-state index contributed by atoms with van der Waals surface area (Å²) in [7, 11) is -3.63. The Morgan fingerprint density at radius 1 is 1.11 bits per heavy atom. The zero-order valence-corrected chi connectivity index (χ0v) is 15.8. The summed E-state index contributed by atoms with van der Waals surface area (Å²) < 4.78 is 37.1. The normalized spacial score (nSPS) is 11.2. The SMILES string of the molecule is CS(=O)(=O)c1cc(F)ccc1CNC(=O)c1cccc(-c2cccc(N)c2)n1. The first-order valence-electron chi connectivity index (χ1n) is 8.34. The van der Waals surface area contributed by atoms with Gasteiger partial charge in [0.2, 0.25) is 0 Å². The third-order valence-electron chi connectivity index (χ3n) is 4.03. The molecule has 0 spiro atoms. The number of hydrogen-bond donors (Lipinski definition) is 2. The summed E-state index contributed by atoms with van der Waals surface area (Å²) in [6, 6.07) is 15.6. The van der Waals surface area contributed by atoms with Crippen LogP contribution in [-0.4, -0.2) is 25.6 Å². The number of nitrogens with zero attached hydrogens (tertiary/aromatic N) is 1. The molecule has 0 radical (unpaired) electrons. The van der Waals surface area contributed by atoms with Crippen molar-refractivity contribution in [1.29, 1.82) is 0 Å². The van der Waals surface area contributed by atoms with Gasteiger partial charge in [-0.15, -0.1) is 0 Å². The number of aromatic nitrogens is 1. The summed E-state index contributed by atoms with van der Waals surface area (Å²) in [5.41, 5.74) is 8.18. The van der Waals surface area contributed by atoms with Crippen LogP contribution in [0.15, 0.2) is 65.6 Å². The van der Waals surface area contributed by atoms with Gasteiger partial charge in [-0.2, -0.15) is 0 Å². The molecule has 6 nitrogen and oxygen atoms in total. The van der Waals surface area contributed by atoms with Crippen molar-refractivity contribution in [2.75, 3.05) is 12.0 Å².